The van der Waals surface area contributed by atoms with E-state index >= 15 is 0 Å². The van der Waals surface area contributed by atoms with Gasteiger partial charge in [-0.2, -0.15) is 0 Å². The molecule has 2 heterocycles. The summed E-state index contributed by atoms with van der Waals surface area (Å²) in [6, 6.07) is 27.5. The molecule has 0 radical (unpaired) electrons. The van der Waals surface area contributed by atoms with E-state index in [4.69, 9.17) is 21.1 Å². The first-order valence-corrected chi connectivity index (χ1v) is 14.1. The van der Waals surface area contributed by atoms with Gasteiger partial charge in [-0.25, -0.2) is 9.78 Å². The Morgan fingerprint density at radius 3 is 2.19 bits per heavy atom. The molecule has 1 N–H and O–H groups in total. The van der Waals surface area contributed by atoms with E-state index in [2.05, 4.69) is 14.9 Å². The van der Waals surface area contributed by atoms with Crippen molar-refractivity contribution in [3.05, 3.63) is 131 Å². The summed E-state index contributed by atoms with van der Waals surface area (Å²) in [5, 5.41) is 10.6. The van der Waals surface area contributed by atoms with Gasteiger partial charge in [0.1, 0.15) is 17.0 Å². The van der Waals surface area contributed by atoms with Crippen molar-refractivity contribution < 1.29 is 24.2 Å². The Morgan fingerprint density at radius 1 is 0.814 bits per heavy atom. The van der Waals surface area contributed by atoms with E-state index in [0.29, 0.717) is 28.3 Å². The van der Waals surface area contributed by atoms with Crippen molar-refractivity contribution in [3.8, 4) is 23.1 Å². The molecule has 1 aliphatic rings. The van der Waals surface area contributed by atoms with Crippen LogP contribution in [0.2, 0.25) is 5.02 Å². The topological polar surface area (TPSA) is 102 Å². The Kier molecular flexibility index (Phi) is 8.02. The molecular weight excluding hydrogens is 566 g/mol. The number of rotatable bonds is 11. The summed E-state index contributed by atoms with van der Waals surface area (Å²) in [6.07, 6.45) is 5.63. The first kappa shape index (κ1) is 27.9. The first-order valence-electron chi connectivity index (χ1n) is 13.7. The van der Waals surface area contributed by atoms with Gasteiger partial charge in [0.15, 0.2) is 11.5 Å². The molecule has 6 rings (SSSR count). The lowest BCUT2D eigenvalue weighted by atomic mass is 10.0. The number of nitrogens with zero attached hydrogens (tertiary/aromatic N) is 3. The van der Waals surface area contributed by atoms with Crippen molar-refractivity contribution in [3.63, 3.8) is 0 Å². The van der Waals surface area contributed by atoms with Crippen molar-refractivity contribution in [1.82, 2.24) is 9.97 Å². The molecule has 1 saturated carbocycles. The van der Waals surface area contributed by atoms with Gasteiger partial charge in [-0.05, 0) is 91.6 Å². The Hall–Kier alpha value is -5.21. The number of carbonyl (C=O) groups excluding carboxylic acids is 1. The molecule has 214 valence electrons. The smallest absolute Gasteiger partial charge is 0.339 e. The van der Waals surface area contributed by atoms with Crippen molar-refractivity contribution in [1.29, 1.82) is 0 Å². The summed E-state index contributed by atoms with van der Waals surface area (Å²) in [6.45, 7) is 0.843. The molecule has 0 spiro atoms. The second-order valence-corrected chi connectivity index (χ2v) is 10.5. The molecular formula is C34H26ClN3O5. The van der Waals surface area contributed by atoms with Gasteiger partial charge in [0.05, 0.1) is 11.9 Å². The van der Waals surface area contributed by atoms with Gasteiger partial charge in [-0.3, -0.25) is 9.78 Å². The number of aromatic nitrogens is 2. The molecule has 1 aliphatic carbocycles. The minimum atomic E-state index is -1.24. The average molecular weight is 592 g/mol. The number of hydrogen-bond donors (Lipinski definition) is 1. The van der Waals surface area contributed by atoms with Crippen LogP contribution in [0.15, 0.2) is 109 Å². The molecule has 0 atom stereocenters. The molecule has 9 heteroatoms. The third-order valence-electron chi connectivity index (χ3n) is 6.96. The number of halogens is 1. The minimum absolute atomic E-state index is 0.0584. The maximum Gasteiger partial charge on any atom is 0.339 e. The van der Waals surface area contributed by atoms with E-state index in [9.17, 15) is 14.7 Å². The molecule has 8 nitrogen and oxygen atoms in total. The van der Waals surface area contributed by atoms with Crippen LogP contribution < -0.4 is 14.4 Å². The van der Waals surface area contributed by atoms with Crippen LogP contribution in [0.5, 0.6) is 23.1 Å². The molecule has 0 amide bonds. The zero-order valence-electron chi connectivity index (χ0n) is 22.9. The summed E-state index contributed by atoms with van der Waals surface area (Å²) >= 11 is 6.09. The van der Waals surface area contributed by atoms with Gasteiger partial charge >= 0.3 is 5.97 Å². The van der Waals surface area contributed by atoms with Gasteiger partial charge < -0.3 is 19.5 Å². The summed E-state index contributed by atoms with van der Waals surface area (Å²) in [5.74, 6) is 0.0401. The van der Waals surface area contributed by atoms with Crippen molar-refractivity contribution in [2.75, 3.05) is 11.4 Å². The first-order chi connectivity index (χ1) is 20.9. The monoisotopic (exact) mass is 591 g/mol. The SMILES string of the molecule is O=C(c1ccc(Oc2ccccc2Oc2ccccn2)c(C(=O)O)c1)c1ccc(N(CC2CC2)c2ccc(Cl)cc2)cn1. The fraction of sp³-hybridized carbons (Fsp3) is 0.118. The molecule has 0 saturated heterocycles. The van der Waals surface area contributed by atoms with Crippen LogP contribution in [0.3, 0.4) is 0 Å². The van der Waals surface area contributed by atoms with E-state index in [0.717, 1.165) is 17.9 Å². The van der Waals surface area contributed by atoms with E-state index < -0.39 is 11.8 Å². The van der Waals surface area contributed by atoms with Crippen molar-refractivity contribution in [2.24, 2.45) is 5.92 Å². The Labute approximate surface area is 253 Å². The fourth-order valence-electron chi connectivity index (χ4n) is 4.55. The summed E-state index contributed by atoms with van der Waals surface area (Å²) < 4.78 is 11.8. The quantitative estimate of drug-likeness (QED) is 0.153. The molecule has 2 aromatic heterocycles. The van der Waals surface area contributed by atoms with Crippen LogP contribution in [0.4, 0.5) is 11.4 Å². The Bertz CT molecular complexity index is 1760. The largest absolute Gasteiger partial charge is 0.478 e. The highest BCUT2D eigenvalue weighted by molar-refractivity contribution is 6.30. The van der Waals surface area contributed by atoms with E-state index in [-0.39, 0.29) is 22.6 Å². The third kappa shape index (κ3) is 6.66. The number of hydrogen-bond acceptors (Lipinski definition) is 7. The zero-order valence-corrected chi connectivity index (χ0v) is 23.6. The average Bonchev–Trinajstić information content (AvgIpc) is 3.86. The fourth-order valence-corrected chi connectivity index (χ4v) is 4.68. The number of para-hydroxylation sites is 2. The molecule has 43 heavy (non-hydrogen) atoms. The number of carboxylic acids is 1. The maximum absolute atomic E-state index is 13.4. The third-order valence-corrected chi connectivity index (χ3v) is 7.21. The maximum atomic E-state index is 13.4. The molecule has 3 aromatic carbocycles. The number of benzene rings is 3. The van der Waals surface area contributed by atoms with Gasteiger partial charge in [0, 0.05) is 35.1 Å². The highest BCUT2D eigenvalue weighted by Crippen LogP contribution is 2.37. The van der Waals surface area contributed by atoms with Gasteiger partial charge in [-0.1, -0.05) is 29.8 Å². The zero-order chi connectivity index (χ0) is 29.8. The van der Waals surface area contributed by atoms with Gasteiger partial charge in [-0.15, -0.1) is 0 Å². The second kappa shape index (κ2) is 12.3. The predicted octanol–water partition coefficient (Wildman–Crippen LogP) is 8.19. The van der Waals surface area contributed by atoms with Crippen LogP contribution >= 0.6 is 11.6 Å². The second-order valence-electron chi connectivity index (χ2n) is 10.1. The van der Waals surface area contributed by atoms with Crippen molar-refractivity contribution in [2.45, 2.75) is 12.8 Å². The predicted molar refractivity (Wildman–Crippen MR) is 163 cm³/mol. The van der Waals surface area contributed by atoms with Crippen LogP contribution in [0.25, 0.3) is 0 Å². The normalized spacial score (nSPS) is 12.4. The lowest BCUT2D eigenvalue weighted by molar-refractivity contribution is 0.0694. The standard InChI is InChI=1S/C34H26ClN3O5/c35-24-11-13-25(14-12-24)38(21-22-8-9-22)26-15-16-28(37-20-26)33(39)23-10-17-29(27(19-23)34(40)41)42-30-5-1-2-6-31(30)43-32-7-3-4-18-36-32/h1-7,10-20,22H,8-9,21H2,(H,40,41). The molecule has 0 unspecified atom stereocenters. The Balaban J connectivity index is 1.23. The highest BCUT2D eigenvalue weighted by atomic mass is 35.5. The van der Waals surface area contributed by atoms with E-state index in [1.165, 1.54) is 31.0 Å². The minimum Gasteiger partial charge on any atom is -0.478 e. The molecule has 0 aliphatic heterocycles. The lowest BCUT2D eigenvalue weighted by Crippen LogP contribution is -2.20. The van der Waals surface area contributed by atoms with E-state index in [1.807, 2.05) is 30.3 Å². The summed E-state index contributed by atoms with van der Waals surface area (Å²) in [5.41, 5.74) is 2.05. The van der Waals surface area contributed by atoms with Crippen LogP contribution in [-0.2, 0) is 0 Å². The number of pyridine rings is 2. The number of carbonyl (C=O) groups is 2. The number of anilines is 2. The summed E-state index contributed by atoms with van der Waals surface area (Å²) in [4.78, 5) is 36.3. The number of ether oxygens (including phenoxy) is 2. The van der Waals surface area contributed by atoms with Gasteiger partial charge in [0.2, 0.25) is 11.7 Å². The van der Waals surface area contributed by atoms with Crippen LogP contribution in [0.1, 0.15) is 39.3 Å². The van der Waals surface area contributed by atoms with Crippen molar-refractivity contribution >= 4 is 34.7 Å². The molecule has 0 bridgehead atoms. The molecule has 1 fully saturated rings. The number of carboxylic acid groups (broad SMARTS) is 1. The number of ketones is 1. The van der Waals surface area contributed by atoms with Crippen LogP contribution in [0, 0.1) is 5.92 Å². The van der Waals surface area contributed by atoms with E-state index in [1.54, 1.807) is 60.9 Å². The molecule has 5 aromatic rings. The Morgan fingerprint density at radius 2 is 1.53 bits per heavy atom. The van der Waals surface area contributed by atoms with Gasteiger partial charge in [0.25, 0.3) is 0 Å². The summed E-state index contributed by atoms with van der Waals surface area (Å²) in [7, 11) is 0. The lowest BCUT2D eigenvalue weighted by Gasteiger charge is -2.25. The highest BCUT2D eigenvalue weighted by Gasteiger charge is 2.26. The van der Waals surface area contributed by atoms with Crippen LogP contribution in [-0.4, -0.2) is 33.4 Å². The number of aromatic carboxylic acids is 1.